The second-order valence-corrected chi connectivity index (χ2v) is 5.79. The molecule has 3 rings (SSSR count). The van der Waals surface area contributed by atoms with Crippen molar-refractivity contribution in [2.24, 2.45) is 0 Å². The first-order chi connectivity index (χ1) is 13.1. The molecule has 6 heteroatoms. The highest BCUT2D eigenvalue weighted by atomic mass is 16.7. The summed E-state index contributed by atoms with van der Waals surface area (Å²) in [7, 11) is -1.06. The van der Waals surface area contributed by atoms with Crippen LogP contribution in [-0.2, 0) is 9.31 Å². The number of pyridine rings is 1. The highest BCUT2D eigenvalue weighted by Crippen LogP contribution is 2.36. The van der Waals surface area contributed by atoms with Crippen molar-refractivity contribution in [3.8, 4) is 5.82 Å². The normalized spacial score (nSPS) is 26.0. The van der Waals surface area contributed by atoms with Crippen LogP contribution >= 0.6 is 0 Å². The van der Waals surface area contributed by atoms with Crippen LogP contribution in [0.3, 0.4) is 0 Å². The van der Waals surface area contributed by atoms with Gasteiger partial charge in [-0.15, -0.1) is 0 Å². The third-order valence-electron chi connectivity index (χ3n) is 3.80. The summed E-state index contributed by atoms with van der Waals surface area (Å²) in [6, 6.07) is -1.69. The molecule has 21 heavy (non-hydrogen) atoms. The minimum atomic E-state index is -2.84. The molecule has 3 heterocycles. The lowest BCUT2D eigenvalue weighted by molar-refractivity contribution is 0.00578. The second-order valence-electron chi connectivity index (χ2n) is 5.79. The van der Waals surface area contributed by atoms with Gasteiger partial charge in [0.15, 0.2) is 5.82 Å². The number of aromatic nitrogens is 3. The van der Waals surface area contributed by atoms with E-state index in [1.165, 1.54) is 0 Å². The van der Waals surface area contributed by atoms with Crippen LogP contribution in [0, 0.1) is 6.85 Å². The maximum atomic E-state index is 8.24. The molecule has 0 bridgehead atoms. The van der Waals surface area contributed by atoms with Gasteiger partial charge in [0.1, 0.15) is 0 Å². The zero-order chi connectivity index (χ0) is 22.1. The van der Waals surface area contributed by atoms with E-state index in [0.29, 0.717) is 0 Å². The average Bonchev–Trinajstić information content (AvgIpc) is 2.96. The second kappa shape index (κ2) is 4.68. The molecule has 110 valence electrons. The number of hydrogen-bond donors (Lipinski definition) is 0. The smallest absolute Gasteiger partial charge is 0.398 e. The zero-order valence-electron chi connectivity index (χ0n) is 20.2. The maximum Gasteiger partial charge on any atom is 0.516 e. The quantitative estimate of drug-likeness (QED) is 0.793. The first-order valence-electron chi connectivity index (χ1n) is 10.5. The lowest BCUT2D eigenvalue weighted by Gasteiger charge is -2.32. The predicted octanol–water partition coefficient (Wildman–Crippen LogP) is 1.87. The fourth-order valence-electron chi connectivity index (χ4n) is 1.87. The van der Waals surface area contributed by atoms with Gasteiger partial charge in [-0.3, -0.25) is 0 Å². The molecule has 0 aromatic carbocycles. The van der Waals surface area contributed by atoms with Crippen molar-refractivity contribution < 1.29 is 20.3 Å². The molecule has 0 spiro atoms. The summed E-state index contributed by atoms with van der Waals surface area (Å²) in [4.78, 5) is 3.78. The van der Waals surface area contributed by atoms with Gasteiger partial charge in [0.2, 0.25) is 0 Å². The summed E-state index contributed by atoms with van der Waals surface area (Å²) in [5.74, 6) is -0.461. The Hall–Kier alpha value is -1.66. The molecule has 2 aromatic rings. The molecule has 0 radical (unpaired) electrons. The summed E-state index contributed by atoms with van der Waals surface area (Å²) < 4.78 is 75.5. The Kier molecular flexibility index (Phi) is 1.68. The van der Waals surface area contributed by atoms with E-state index >= 15 is 0 Å². The number of hydrogen-bond acceptors (Lipinski definition) is 4. The van der Waals surface area contributed by atoms with Gasteiger partial charge in [-0.2, -0.15) is 5.10 Å². The van der Waals surface area contributed by atoms with Gasteiger partial charge in [0.25, 0.3) is 0 Å². The number of rotatable bonds is 2. The summed E-state index contributed by atoms with van der Waals surface area (Å²) >= 11 is 0. The van der Waals surface area contributed by atoms with E-state index in [-0.39, 0.29) is 11.6 Å². The van der Waals surface area contributed by atoms with Gasteiger partial charge >= 0.3 is 7.12 Å². The molecule has 2 aromatic heterocycles. The van der Waals surface area contributed by atoms with Crippen LogP contribution in [-0.4, -0.2) is 33.1 Å². The highest BCUT2D eigenvalue weighted by Gasteiger charge is 2.52. The summed E-state index contributed by atoms with van der Waals surface area (Å²) in [5.41, 5.74) is -2.09. The molecule has 1 fully saturated rings. The molecule has 0 N–H and O–H groups in total. The van der Waals surface area contributed by atoms with Crippen molar-refractivity contribution in [2.45, 2.75) is 45.7 Å². The summed E-state index contributed by atoms with van der Waals surface area (Å²) in [6.07, 6.45) is -1.12. The summed E-state index contributed by atoms with van der Waals surface area (Å²) in [6.45, 7) is 4.42. The third kappa shape index (κ3) is 2.38. The van der Waals surface area contributed by atoms with Crippen LogP contribution in [0.2, 0.25) is 0 Å². The minimum Gasteiger partial charge on any atom is -0.398 e. The van der Waals surface area contributed by atoms with Crippen LogP contribution in [0.1, 0.15) is 44.2 Å². The summed E-state index contributed by atoms with van der Waals surface area (Å²) in [5, 5.41) is 4.13. The maximum absolute atomic E-state index is 8.24. The van der Waals surface area contributed by atoms with Gasteiger partial charge in [0, 0.05) is 16.5 Å². The van der Waals surface area contributed by atoms with E-state index in [2.05, 4.69) is 10.1 Å². The van der Waals surface area contributed by atoms with E-state index in [0.717, 1.165) is 4.68 Å². The molecule has 0 aliphatic carbocycles. The Labute approximate surface area is 136 Å². The van der Waals surface area contributed by atoms with Crippen molar-refractivity contribution in [3.63, 3.8) is 0 Å². The van der Waals surface area contributed by atoms with Crippen molar-refractivity contribution in [1.82, 2.24) is 14.8 Å². The Bertz CT molecular complexity index is 973. The van der Waals surface area contributed by atoms with Crippen LogP contribution in [0.4, 0.5) is 0 Å². The van der Waals surface area contributed by atoms with E-state index in [9.17, 15) is 0 Å². The Morgan fingerprint density at radius 3 is 2.62 bits per heavy atom. The molecule has 0 saturated carbocycles. The topological polar surface area (TPSA) is 49.2 Å². The third-order valence-corrected chi connectivity index (χ3v) is 3.80. The SMILES string of the molecule is [2H]c1nc(-n2nc(B3OC(C)(C)C(C)(C)O3)c([2H])c2[2H])c(C([2H])([2H])[2H])c([2H])c1[2H]. The van der Waals surface area contributed by atoms with Gasteiger partial charge < -0.3 is 9.31 Å². The van der Waals surface area contributed by atoms with Crippen LogP contribution < -0.4 is 5.59 Å². The van der Waals surface area contributed by atoms with Crippen molar-refractivity contribution in [2.75, 3.05) is 0 Å². The number of nitrogens with zero attached hydrogens (tertiary/aromatic N) is 3. The van der Waals surface area contributed by atoms with E-state index in [1.54, 1.807) is 0 Å². The fraction of sp³-hybridized carbons (Fsp3) is 0.467. The molecule has 5 nitrogen and oxygen atoms in total. The molecule has 1 aliphatic rings. The van der Waals surface area contributed by atoms with Gasteiger partial charge in [-0.05, 0) is 52.2 Å². The monoisotopic (exact) mass is 293 g/mol. The lowest BCUT2D eigenvalue weighted by Crippen LogP contribution is -2.41. The largest absolute Gasteiger partial charge is 0.516 e. The standard InChI is InChI=1S/C15H20BN3O2/c1-11-7-6-9-17-13(11)19-10-8-12(18-19)16-20-14(2,3)15(4,5)21-16/h6-10H,1-5H3/i1D3,6D,7D,8D,9D,10D. The van der Waals surface area contributed by atoms with Crippen LogP contribution in [0.15, 0.2) is 30.5 Å². The average molecular weight is 293 g/mol. The van der Waals surface area contributed by atoms with Gasteiger partial charge in [0.05, 0.1) is 23.6 Å². The molecular formula is C15H20BN3O2. The predicted molar refractivity (Wildman–Crippen MR) is 81.8 cm³/mol. The van der Waals surface area contributed by atoms with Gasteiger partial charge in [-0.1, -0.05) is 6.04 Å². The van der Waals surface area contributed by atoms with E-state index < -0.39 is 61.0 Å². The molecular weight excluding hydrogens is 265 g/mol. The van der Waals surface area contributed by atoms with E-state index in [1.807, 2.05) is 27.7 Å². The van der Waals surface area contributed by atoms with Gasteiger partial charge in [-0.25, -0.2) is 9.67 Å². The van der Waals surface area contributed by atoms with E-state index in [4.69, 9.17) is 20.3 Å². The molecule has 0 unspecified atom stereocenters. The first-order valence-corrected chi connectivity index (χ1v) is 6.49. The molecule has 0 atom stereocenters. The van der Waals surface area contributed by atoms with Crippen molar-refractivity contribution in [1.29, 1.82) is 0 Å². The fourth-order valence-corrected chi connectivity index (χ4v) is 1.87. The van der Waals surface area contributed by atoms with Crippen LogP contribution in [0.5, 0.6) is 0 Å². The first kappa shape index (κ1) is 7.56. The van der Waals surface area contributed by atoms with Crippen molar-refractivity contribution >= 4 is 12.7 Å². The minimum absolute atomic E-state index is 0.0417. The van der Waals surface area contributed by atoms with Crippen molar-refractivity contribution in [3.05, 3.63) is 36.0 Å². The molecule has 1 aliphatic heterocycles. The molecule has 1 saturated heterocycles. The Balaban J connectivity index is 2.20. The zero-order valence-corrected chi connectivity index (χ0v) is 12.2. The Morgan fingerprint density at radius 1 is 1.24 bits per heavy atom. The Morgan fingerprint density at radius 2 is 1.95 bits per heavy atom. The van der Waals surface area contributed by atoms with Crippen LogP contribution in [0.25, 0.3) is 5.82 Å². The molecule has 0 amide bonds. The lowest BCUT2D eigenvalue weighted by atomic mass is 9.85. The highest BCUT2D eigenvalue weighted by molar-refractivity contribution is 6.61.